The molecule has 35 atom stereocenters. The molecule has 0 aliphatic carbocycles. The first-order valence-electron chi connectivity index (χ1n) is 51.0. The molecule has 142 heavy (non-hydrogen) atoms. The first-order valence-corrected chi connectivity index (χ1v) is 51.0. The highest BCUT2D eigenvalue weighted by atomic mass is 16.8. The molecule has 0 aromatic rings. The Kier molecular flexibility index (Phi) is 56.5. The van der Waals surface area contributed by atoms with Gasteiger partial charge < -0.3 is 195 Å². The van der Waals surface area contributed by atoms with E-state index in [-0.39, 0.29) is 12.8 Å². The van der Waals surface area contributed by atoms with Crippen molar-refractivity contribution < 1.29 is 208 Å². The number of ketones is 1. The molecular weight excluding hydrogens is 1880 g/mol. The van der Waals surface area contributed by atoms with Gasteiger partial charge in [0.2, 0.25) is 23.6 Å². The van der Waals surface area contributed by atoms with E-state index in [9.17, 15) is 151 Å². The minimum Gasteiger partial charge on any atom is -0.477 e. The van der Waals surface area contributed by atoms with E-state index in [2.05, 4.69) is 47.3 Å². The average Bonchev–Trinajstić information content (AvgIpc) is 0.741. The van der Waals surface area contributed by atoms with Crippen molar-refractivity contribution in [3.05, 3.63) is 12.2 Å². The summed E-state index contributed by atoms with van der Waals surface area (Å²) < 4.78 is 72.2. The van der Waals surface area contributed by atoms with Gasteiger partial charge in [0.25, 0.3) is 17.4 Å². The van der Waals surface area contributed by atoms with Crippen molar-refractivity contribution in [3.63, 3.8) is 0 Å². The molecule has 0 aromatic carbocycles. The highest BCUT2D eigenvalue weighted by Crippen LogP contribution is 2.45. The second-order valence-corrected chi connectivity index (χ2v) is 38.9. The van der Waals surface area contributed by atoms with Gasteiger partial charge in [0.05, 0.1) is 101 Å². The number of rotatable bonds is 70. The number of hydrogen-bond acceptors (Lipinski definition) is 39. The Bertz CT molecular complexity index is 3680. The summed E-state index contributed by atoms with van der Waals surface area (Å²) in [7, 11) is 0. The van der Waals surface area contributed by atoms with Crippen LogP contribution in [0.15, 0.2) is 12.2 Å². The van der Waals surface area contributed by atoms with Crippen molar-refractivity contribution in [1.82, 2.24) is 21.3 Å². The smallest absolute Gasteiger partial charge is 0.364 e. The van der Waals surface area contributed by atoms with Gasteiger partial charge in [-0.25, -0.2) is 14.4 Å². The van der Waals surface area contributed by atoms with Gasteiger partial charge in [0.15, 0.2) is 18.9 Å². The lowest BCUT2D eigenvalue weighted by atomic mass is 9.86. The van der Waals surface area contributed by atoms with Crippen molar-refractivity contribution in [3.8, 4) is 0 Å². The van der Waals surface area contributed by atoms with Crippen molar-refractivity contribution >= 4 is 47.3 Å². The van der Waals surface area contributed by atoms with Gasteiger partial charge in [-0.05, 0) is 45.4 Å². The first kappa shape index (κ1) is 125. The zero-order valence-corrected chi connectivity index (χ0v) is 83.0. The van der Waals surface area contributed by atoms with Gasteiger partial charge in [-0.3, -0.25) is 19.2 Å². The van der Waals surface area contributed by atoms with Crippen LogP contribution in [0, 0.1) is 5.92 Å². The van der Waals surface area contributed by atoms with Gasteiger partial charge in [0, 0.05) is 58.8 Å². The normalized spacial score (nSPS) is 33.1. The summed E-state index contributed by atoms with van der Waals surface area (Å²) in [6, 6.07) is -7.20. The molecule has 824 valence electrons. The van der Waals surface area contributed by atoms with E-state index in [1.54, 1.807) is 0 Å². The molecule has 0 aromatic heterocycles. The predicted molar refractivity (Wildman–Crippen MR) is 497 cm³/mol. The molecule has 6 rings (SSSR count). The number of aliphatic carboxylic acids is 3. The Hall–Kier alpha value is -5.54. The third-order valence-electron chi connectivity index (χ3n) is 27.3. The van der Waals surface area contributed by atoms with Crippen LogP contribution in [0.2, 0.25) is 0 Å². The molecule has 4 amide bonds. The summed E-state index contributed by atoms with van der Waals surface area (Å²) in [6.45, 7) is -0.494. The molecule has 0 bridgehead atoms. The van der Waals surface area contributed by atoms with Crippen LogP contribution in [-0.4, -0.2) is 413 Å². The molecule has 46 heteroatoms. The maximum atomic E-state index is 14.5. The lowest BCUT2D eigenvalue weighted by molar-refractivity contribution is -0.404. The summed E-state index contributed by atoms with van der Waals surface area (Å²) in [4.78, 5) is 107. The molecule has 6 heterocycles. The van der Waals surface area contributed by atoms with E-state index in [1.807, 2.05) is 0 Å². The van der Waals surface area contributed by atoms with E-state index < -0.39 is 332 Å². The Labute approximate surface area is 829 Å². The number of carbonyl (C=O) groups is 8. The van der Waals surface area contributed by atoms with Gasteiger partial charge >= 0.3 is 17.9 Å². The summed E-state index contributed by atoms with van der Waals surface area (Å²) in [5.41, 5.74) is 0. The zero-order chi connectivity index (χ0) is 105. The maximum absolute atomic E-state index is 14.5. The van der Waals surface area contributed by atoms with Crippen LogP contribution < -0.4 is 21.3 Å². The quantitative estimate of drug-likeness (QED) is 0.0254. The average molecular weight is 2050 g/mol. The molecule has 6 aliphatic rings. The van der Waals surface area contributed by atoms with Crippen LogP contribution in [0.5, 0.6) is 0 Å². The third-order valence-corrected chi connectivity index (χ3v) is 27.3. The number of aliphatic hydroxyl groups is 19. The molecule has 26 N–H and O–H groups in total. The minimum atomic E-state index is -3.71. The lowest BCUT2D eigenvalue weighted by Gasteiger charge is -2.53. The molecule has 35 unspecified atom stereocenters. The van der Waals surface area contributed by atoms with Crippen LogP contribution in [0.3, 0.4) is 0 Å². The highest BCUT2D eigenvalue weighted by Gasteiger charge is 2.65. The van der Waals surface area contributed by atoms with E-state index in [1.165, 1.54) is 103 Å². The topological polar surface area (TPSA) is 741 Å². The SMILES string of the molecule is CCCCCCCCC=CCCCCCCCCCCCCCC(=O)NC(COC1OC(CO)C(OC2OC(CO)C(OC3OC(CO)C(O)C(O)C3CC(C)=O)C(OC3(C(=O)O)CC(O)C(NC(C)=O)C(C(O)C(CO)OC4(C(=O)O)CC(O)C(NC(C)=O)C(C(O)C(CO)OC5(C(=O)O)CC(O)C(NC(C)=O)C(C(O)C(O)CO)O5)O4)O3)C2O)C(O)C1O)C(O)CCCCCCCCCCCCCCC. The van der Waals surface area contributed by atoms with Gasteiger partial charge in [-0.2, -0.15) is 0 Å². The van der Waals surface area contributed by atoms with E-state index in [0.717, 1.165) is 118 Å². The summed E-state index contributed by atoms with van der Waals surface area (Å²) in [5, 5.41) is 262. The number of allylic oxidation sites excluding steroid dienone is 2. The molecule has 0 spiro atoms. The van der Waals surface area contributed by atoms with Gasteiger partial charge in [-0.1, -0.05) is 199 Å². The lowest BCUT2D eigenvalue weighted by Crippen LogP contribution is -2.72. The molecule has 6 saturated heterocycles. The van der Waals surface area contributed by atoms with E-state index >= 15 is 0 Å². The van der Waals surface area contributed by atoms with Crippen LogP contribution in [0.4, 0.5) is 0 Å². The van der Waals surface area contributed by atoms with Gasteiger partial charge in [-0.15, -0.1) is 0 Å². The number of carbonyl (C=O) groups excluding carboxylic acids is 5. The second kappa shape index (κ2) is 64.1. The van der Waals surface area contributed by atoms with E-state index in [4.69, 9.17) is 56.8 Å². The van der Waals surface area contributed by atoms with Crippen LogP contribution in [-0.2, 0) is 95.2 Å². The van der Waals surface area contributed by atoms with Crippen LogP contribution >= 0.6 is 0 Å². The number of amides is 4. The fourth-order valence-corrected chi connectivity index (χ4v) is 19.3. The number of aliphatic hydroxyl groups excluding tert-OH is 19. The monoisotopic (exact) mass is 2050 g/mol. The number of hydrogen-bond donors (Lipinski definition) is 26. The molecule has 0 radical (unpaired) electrons. The van der Waals surface area contributed by atoms with Crippen LogP contribution in [0.25, 0.3) is 0 Å². The summed E-state index contributed by atoms with van der Waals surface area (Å²) >= 11 is 0. The number of ether oxygens (including phenoxy) is 12. The van der Waals surface area contributed by atoms with E-state index in [0.29, 0.717) is 12.8 Å². The number of nitrogens with one attached hydrogen (secondary N) is 4. The molecule has 0 saturated carbocycles. The number of Topliss-reactive ketones (excluding diaryl/α,β-unsaturated/α-hetero) is 1. The van der Waals surface area contributed by atoms with Gasteiger partial charge in [0.1, 0.15) is 122 Å². The third kappa shape index (κ3) is 37.6. The zero-order valence-electron chi connectivity index (χ0n) is 83.0. The Morgan fingerprint density at radius 1 is 0.394 bits per heavy atom. The molecule has 6 aliphatic heterocycles. The predicted octanol–water partition coefficient (Wildman–Crippen LogP) is -1.09. The largest absolute Gasteiger partial charge is 0.477 e. The maximum Gasteiger partial charge on any atom is 0.364 e. The highest BCUT2D eigenvalue weighted by molar-refractivity contribution is 5.79. The fourth-order valence-electron chi connectivity index (χ4n) is 19.3. The van der Waals surface area contributed by atoms with Crippen LogP contribution in [0.1, 0.15) is 286 Å². The Morgan fingerprint density at radius 3 is 1.17 bits per heavy atom. The summed E-state index contributed by atoms with van der Waals surface area (Å²) in [5.74, 6) is -23.5. The van der Waals surface area contributed by atoms with Crippen molar-refractivity contribution in [2.75, 3.05) is 46.2 Å². The van der Waals surface area contributed by atoms with Crippen molar-refractivity contribution in [2.24, 2.45) is 5.92 Å². The Balaban J connectivity index is 1.27. The Morgan fingerprint density at radius 2 is 0.768 bits per heavy atom. The molecule has 6 fully saturated rings. The molecular formula is C96H168N4O42. The standard InChI is InChI=1S/C96H168N4O42/c1-7-9-11-13-15-17-19-21-22-23-24-25-26-27-28-30-32-34-36-38-40-42-70(116)100-59(60(111)41-39-37-35-33-31-29-20-18-16-14-12-10-8-2)53-131-89-80(123)79(122)82(68(51-105)133-89)135-90-81(124)87(83(69(52-106)134-90)136-88-58(43-54(3)107)74(117)76(119)65(48-102)132-88)142-96(93(129)130)46-63(114)73(99-57(6)110)86(141-96)78(121)67(50-104)138-95(92(127)128)45-62(113)72(98-56(5)109)85(140-95)77(120)66(49-103)137-94(91(125)126)44-61(112)71(97-55(4)108)84(139-94)75(118)64(115)47-101/h21-22,58-69,71-90,101-106,111-115,117-124H,7-20,23-53H2,1-6H3,(H,97,108)(H,98,109)(H,99,110)(H,100,116)(H,125,126)(H,127,128)(H,129,130). The first-order chi connectivity index (χ1) is 67.6. The van der Waals surface area contributed by atoms with Crippen molar-refractivity contribution in [2.45, 2.75) is 492 Å². The van der Waals surface area contributed by atoms with Crippen molar-refractivity contribution in [1.29, 1.82) is 0 Å². The summed E-state index contributed by atoms with van der Waals surface area (Å²) in [6.07, 6.45) is -26.3. The fraction of sp³-hybridized carbons (Fsp3) is 0.896. The number of carboxylic acids is 3. The number of unbranched alkanes of at least 4 members (excludes halogenated alkanes) is 29. The second-order valence-electron chi connectivity index (χ2n) is 38.9. The minimum absolute atomic E-state index is 0.103. The molecule has 46 nitrogen and oxygen atoms in total. The number of carboxylic acid groups (broad SMARTS) is 3.